The van der Waals surface area contributed by atoms with Crippen molar-refractivity contribution in [3.05, 3.63) is 410 Å². The summed E-state index contributed by atoms with van der Waals surface area (Å²) < 4.78 is 7.87. The van der Waals surface area contributed by atoms with Crippen molar-refractivity contribution in [2.75, 3.05) is 0 Å². The molecule has 670 valence electrons. The molecule has 0 bridgehead atoms. The van der Waals surface area contributed by atoms with Crippen molar-refractivity contribution in [3.8, 4) is 9.75 Å². The molecule has 6 nitrogen and oxygen atoms in total. The minimum absolute atomic E-state index is 0. The first kappa shape index (κ1) is 103. The van der Waals surface area contributed by atoms with Gasteiger partial charge in [-0.05, 0) is 167 Å². The predicted octanol–water partition coefficient (Wildman–Crippen LogP) is 28.1. The average molecular weight is 2190 g/mol. The Kier molecular flexibility index (Phi) is 43.8. The summed E-state index contributed by atoms with van der Waals surface area (Å²) in [6, 6.07) is 129. The second-order valence-corrected chi connectivity index (χ2v) is 63.9. The van der Waals surface area contributed by atoms with E-state index in [0.29, 0.717) is 0 Å². The minimum Gasteiger partial charge on any atom is -0.0622 e. The van der Waals surface area contributed by atoms with Gasteiger partial charge in [0, 0.05) is 56.4 Å². The molecule has 0 fully saturated rings. The fourth-order valence-electron chi connectivity index (χ4n) is 15.2. The molecule has 0 N–H and O–H groups in total. The average Bonchev–Trinajstić information content (AvgIpc) is 1.61. The van der Waals surface area contributed by atoms with Crippen LogP contribution in [0.3, 0.4) is 0 Å². The number of rotatable bonds is 28. The Labute approximate surface area is 830 Å². The third-order valence-corrected chi connectivity index (χ3v) is 45.6. The zero-order valence-electron chi connectivity index (χ0n) is 76.4. The fraction of sp³-hybridized carbons (Fsp3) is 0.214. The number of hydrogen-bond acceptors (Lipinski definition) is 8. The predicted molar refractivity (Wildman–Crippen MR) is 588 cm³/mol. The topological polar surface area (TPSA) is 61.4 Å². The largest absolute Gasteiger partial charge is 0.0622 e. The van der Waals surface area contributed by atoms with Gasteiger partial charge in [0.15, 0.2) is 0 Å². The summed E-state index contributed by atoms with van der Waals surface area (Å²) in [6.07, 6.45) is 22.1. The first-order valence-electron chi connectivity index (χ1n) is 45.0. The Hall–Kier alpha value is -7.62. The van der Waals surface area contributed by atoms with E-state index in [1.54, 1.807) is 22.7 Å². The van der Waals surface area contributed by atoms with Crippen LogP contribution in [0.15, 0.2) is 384 Å². The molecule has 0 saturated carbocycles. The molecule has 18 aromatic rings. The zero-order valence-corrected chi connectivity index (χ0v) is 90.8. The van der Waals surface area contributed by atoms with Crippen LogP contribution in [-0.2, 0) is 47.4 Å². The summed E-state index contributed by atoms with van der Waals surface area (Å²) in [4.78, 5) is 21.4. The Morgan fingerprint density at radius 2 is 0.562 bits per heavy atom. The number of fused-ring (bicyclic) bond motifs is 2. The van der Waals surface area contributed by atoms with Crippen LogP contribution >= 0.6 is 109 Å². The van der Waals surface area contributed by atoms with Crippen LogP contribution in [0.1, 0.15) is 117 Å². The maximum absolute atomic E-state index is 4.85. The fourth-order valence-corrected chi connectivity index (χ4v) is 35.9. The molecule has 0 unspecified atom stereocenters. The van der Waals surface area contributed by atoms with Crippen LogP contribution in [0.4, 0.5) is 0 Å². The zero-order chi connectivity index (χ0) is 90.4. The molecule has 0 amide bonds. The number of thiazole rings is 2. The molecule has 0 spiro atoms. The van der Waals surface area contributed by atoms with Crippen molar-refractivity contribution >= 4 is 216 Å². The Balaban J connectivity index is 0.000000148. The van der Waals surface area contributed by atoms with Crippen molar-refractivity contribution in [2.24, 2.45) is 14.1 Å². The van der Waals surface area contributed by atoms with Gasteiger partial charge < -0.3 is 0 Å². The molecule has 18 rings (SSSR count). The van der Waals surface area contributed by atoms with Crippen molar-refractivity contribution < 1.29 is 20.4 Å². The second kappa shape index (κ2) is 55.3. The smallest absolute Gasteiger partial charge is 0 e. The van der Waals surface area contributed by atoms with E-state index in [1.807, 2.05) is 46.8 Å². The summed E-state index contributed by atoms with van der Waals surface area (Å²) in [5, 5.41) is 30.1. The molecule has 0 aliphatic heterocycles. The van der Waals surface area contributed by atoms with E-state index in [-0.39, 0.29) is 20.4 Å². The molecule has 0 aliphatic rings. The second-order valence-electron chi connectivity index (χ2n) is 32.4. The monoisotopic (exact) mass is 2180 g/mol. The molecule has 6 heterocycles. The first-order chi connectivity index (χ1) is 63.1. The number of hydrogen-bond donors (Lipinski definition) is 0. The third-order valence-electron chi connectivity index (χ3n) is 21.4. The van der Waals surface area contributed by atoms with Crippen LogP contribution in [0.2, 0.25) is 14.8 Å². The summed E-state index contributed by atoms with van der Waals surface area (Å²) in [5.74, 6) is 0. The van der Waals surface area contributed by atoms with Gasteiger partial charge in [0.05, 0.1) is 44.8 Å². The Bertz CT molecular complexity index is 5330. The van der Waals surface area contributed by atoms with Gasteiger partial charge >= 0.3 is 70.5 Å². The van der Waals surface area contributed by atoms with E-state index in [1.165, 1.54) is 204 Å². The Morgan fingerprint density at radius 3 is 0.800 bits per heavy atom. The first-order valence-corrected chi connectivity index (χ1v) is 65.2. The van der Waals surface area contributed by atoms with E-state index in [0.717, 1.165) is 17.8 Å². The molecule has 18 heteroatoms. The molecule has 0 saturated heterocycles. The minimum atomic E-state index is -1.78. The molecule has 130 heavy (non-hydrogen) atoms. The van der Waals surface area contributed by atoms with Crippen molar-refractivity contribution in [2.45, 2.75) is 139 Å². The molecule has 0 atom stereocenters. The van der Waals surface area contributed by atoms with Gasteiger partial charge in [-0.2, -0.15) is 10.2 Å². The van der Waals surface area contributed by atoms with E-state index in [4.69, 9.17) is 5.10 Å². The van der Waals surface area contributed by atoms with E-state index >= 15 is 0 Å². The van der Waals surface area contributed by atoms with Crippen LogP contribution in [-0.4, -0.2) is 47.9 Å². The maximum atomic E-state index is 4.85. The van der Waals surface area contributed by atoms with Gasteiger partial charge in [0.2, 0.25) is 0 Å². The molecular weight excluding hydrogens is 2070 g/mol. The number of nitrogens with zero attached hydrogens (tertiary/aromatic N) is 6. The SMILES string of the molecule is CCCCCCCCc1nn(C)c2c(Br)sc(Br)c12.CCCCCCCCc1nn(C)c2c(C)sc(-c3cnc(C)s3)c12.Cc1cn[c]([Sn]([CH3])([CH3])[CH3])s1.[Pd].c1ccc(P(c2ccccc2)c2ccccc2)cc1.c1ccc(P(c2ccccc2)c2ccccc2)cc1.c1ccc(P(c2ccccc2)c2ccccc2)cc1.c1ccc(P(c2ccccc2)c2ccccc2)cc1. The molecule has 12 aromatic carbocycles. The summed E-state index contributed by atoms with van der Waals surface area (Å²) in [5.41, 5.74) is 5.04. The molecule has 0 aliphatic carbocycles. The summed E-state index contributed by atoms with van der Waals surface area (Å²) >= 11 is 12.8. The van der Waals surface area contributed by atoms with Crippen LogP contribution < -0.4 is 66.7 Å². The number of halogens is 2. The van der Waals surface area contributed by atoms with Crippen LogP contribution in [0.5, 0.6) is 0 Å². The number of thiophene rings is 2. The van der Waals surface area contributed by atoms with E-state index in [9.17, 15) is 0 Å². The number of aromatic nitrogens is 6. The van der Waals surface area contributed by atoms with Gasteiger partial charge in [0.25, 0.3) is 0 Å². The summed E-state index contributed by atoms with van der Waals surface area (Å²) in [7, 11) is 2.32. The van der Waals surface area contributed by atoms with Crippen LogP contribution in [0.25, 0.3) is 31.6 Å². The van der Waals surface area contributed by atoms with Gasteiger partial charge in [-0.25, -0.2) is 4.98 Å². The van der Waals surface area contributed by atoms with Gasteiger partial charge in [-0.3, -0.25) is 9.36 Å². The Morgan fingerprint density at radius 1 is 0.300 bits per heavy atom. The van der Waals surface area contributed by atoms with Gasteiger partial charge in [0.1, 0.15) is 0 Å². The van der Waals surface area contributed by atoms with E-state index in [2.05, 4.69) is 472 Å². The molecular formula is C112H120Br2N6P4PdS4Sn. The quantitative estimate of drug-likeness (QED) is 0.0279. The van der Waals surface area contributed by atoms with Gasteiger partial charge in [-0.15, -0.1) is 34.0 Å². The van der Waals surface area contributed by atoms with Gasteiger partial charge in [-0.1, -0.05) is 442 Å². The van der Waals surface area contributed by atoms with Crippen molar-refractivity contribution in [1.29, 1.82) is 0 Å². The number of aryl methyl sites for hydroxylation is 7. The van der Waals surface area contributed by atoms with E-state index < -0.39 is 50.1 Å². The summed E-state index contributed by atoms with van der Waals surface area (Å²) in [6.45, 7) is 10.9. The third kappa shape index (κ3) is 30.7. The van der Waals surface area contributed by atoms with Crippen molar-refractivity contribution in [1.82, 2.24) is 29.5 Å². The normalized spacial score (nSPS) is 11.0. The van der Waals surface area contributed by atoms with Crippen molar-refractivity contribution in [3.63, 3.8) is 0 Å². The van der Waals surface area contributed by atoms with Crippen LogP contribution in [0, 0.1) is 20.8 Å². The number of benzene rings is 12. The molecule has 0 radical (unpaired) electrons. The number of unbranched alkanes of at least 4 members (excludes halogenated alkanes) is 10. The maximum Gasteiger partial charge on any atom is 0 e. The standard InChI is InChI=1S/C19H27N3S2.4C18H15P.C14H20Br2N2S.C4H4NS.3CH3.Pd.Sn/c1-5-6-7-8-9-10-11-15-17-18(22(4)21-15)13(2)23-19(17)16-12-20-14(3)24-16;4*1-4-10-16(11-5-1)19(17-12-6-2-7-13-17)18-14-8-3-9-15-18;1-3-4-5-6-7-8-9-10-11-12(18(2)17-10)14(16)19-13(11)15;1-4-2-5-3-6-4;;;;;/h12H,5-11H2,1-4H3;4*1-15H;3-9H2,1-2H3;2H,1H3;3*1H3;;. The molecule has 6 aromatic heterocycles.